The van der Waals surface area contributed by atoms with Crippen molar-refractivity contribution < 1.29 is 37.7 Å². The van der Waals surface area contributed by atoms with Crippen molar-refractivity contribution in [2.45, 2.75) is 19.4 Å². The van der Waals surface area contributed by atoms with Gasteiger partial charge >= 0.3 is 12.3 Å². The monoisotopic (exact) mass is 280 g/mol. The van der Waals surface area contributed by atoms with Crippen LogP contribution in [0.25, 0.3) is 0 Å². The molecule has 5 nitrogen and oxygen atoms in total. The third-order valence-corrected chi connectivity index (χ3v) is 2.05. The summed E-state index contributed by atoms with van der Waals surface area (Å²) < 4.78 is 45.3. The minimum absolute atomic E-state index is 0.0723. The number of carboxylic acid groups (broad SMARTS) is 1. The number of aliphatic hydroxyl groups is 1. The summed E-state index contributed by atoms with van der Waals surface area (Å²) in [5, 5.41) is 17.9. The Bertz CT molecular complexity index is 458. The first kappa shape index (κ1) is 15.1. The van der Waals surface area contributed by atoms with Crippen LogP contribution in [0.5, 0.6) is 11.5 Å². The minimum atomic E-state index is -5.00. The van der Waals surface area contributed by atoms with Gasteiger partial charge in [0.1, 0.15) is 11.5 Å². The van der Waals surface area contributed by atoms with Crippen molar-refractivity contribution in [1.29, 1.82) is 0 Å². The van der Waals surface area contributed by atoms with E-state index in [1.807, 2.05) is 0 Å². The summed E-state index contributed by atoms with van der Waals surface area (Å²) in [6.07, 6.45) is -7.12. The lowest BCUT2D eigenvalue weighted by Crippen LogP contribution is -2.20. The molecule has 0 aliphatic rings. The zero-order chi connectivity index (χ0) is 14.6. The van der Waals surface area contributed by atoms with E-state index >= 15 is 0 Å². The molecule has 0 amide bonds. The van der Waals surface area contributed by atoms with Crippen molar-refractivity contribution in [1.82, 2.24) is 0 Å². The Hall–Kier alpha value is -1.96. The summed E-state index contributed by atoms with van der Waals surface area (Å²) in [5.41, 5.74) is -0.506. The van der Waals surface area contributed by atoms with Gasteiger partial charge in [0, 0.05) is 11.6 Å². The van der Waals surface area contributed by atoms with Crippen molar-refractivity contribution >= 4 is 5.97 Å². The number of halogens is 3. The van der Waals surface area contributed by atoms with Gasteiger partial charge in [-0.25, -0.2) is 4.79 Å². The second-order valence-corrected chi connectivity index (χ2v) is 3.42. The molecule has 1 rings (SSSR count). The summed E-state index contributed by atoms with van der Waals surface area (Å²) >= 11 is 0. The first-order valence-electron chi connectivity index (χ1n) is 5.18. The van der Waals surface area contributed by atoms with E-state index in [0.29, 0.717) is 0 Å². The molecule has 1 aromatic rings. The Kier molecular flexibility index (Phi) is 4.60. The van der Waals surface area contributed by atoms with Crippen LogP contribution in [-0.4, -0.2) is 29.2 Å². The minimum Gasteiger partial charge on any atom is -0.494 e. The zero-order valence-corrected chi connectivity index (χ0v) is 9.77. The number of aliphatic carboxylic acids is 1. The quantitative estimate of drug-likeness (QED) is 0.863. The summed E-state index contributed by atoms with van der Waals surface area (Å²) in [6, 6.07) is 3.12. The standard InChI is InChI=1S/C11H11F3O5/c1-2-18-6-3-4-7(9(15)10(16)17)8(5-6)19-11(12,13)14/h3-5,9,15H,2H2,1H3,(H,16,17). The number of benzene rings is 1. The van der Waals surface area contributed by atoms with Crippen LogP contribution in [0.1, 0.15) is 18.6 Å². The molecule has 0 saturated heterocycles. The molecule has 0 bridgehead atoms. The molecule has 0 aliphatic carbocycles. The molecular formula is C11H11F3O5. The molecule has 8 heteroatoms. The SMILES string of the molecule is CCOc1ccc(C(O)C(=O)O)c(OC(F)(F)F)c1. The van der Waals surface area contributed by atoms with Crippen LogP contribution in [0.2, 0.25) is 0 Å². The lowest BCUT2D eigenvalue weighted by molar-refractivity contribution is -0.275. The number of alkyl halides is 3. The lowest BCUT2D eigenvalue weighted by atomic mass is 10.1. The van der Waals surface area contributed by atoms with Crippen molar-refractivity contribution in [2.24, 2.45) is 0 Å². The molecule has 19 heavy (non-hydrogen) atoms. The highest BCUT2D eigenvalue weighted by atomic mass is 19.4. The van der Waals surface area contributed by atoms with E-state index in [0.717, 1.165) is 12.1 Å². The van der Waals surface area contributed by atoms with Gasteiger partial charge in [0.2, 0.25) is 0 Å². The number of carboxylic acids is 1. The molecule has 2 N–H and O–H groups in total. The third-order valence-electron chi connectivity index (χ3n) is 2.05. The highest BCUT2D eigenvalue weighted by molar-refractivity contribution is 5.75. The van der Waals surface area contributed by atoms with Crippen molar-refractivity contribution in [3.8, 4) is 11.5 Å². The van der Waals surface area contributed by atoms with Crippen LogP contribution >= 0.6 is 0 Å². The van der Waals surface area contributed by atoms with Gasteiger partial charge in [-0.1, -0.05) is 0 Å². The number of rotatable bonds is 5. The number of hydrogen-bond acceptors (Lipinski definition) is 4. The van der Waals surface area contributed by atoms with Gasteiger partial charge in [-0.2, -0.15) is 0 Å². The number of aliphatic hydroxyl groups excluding tert-OH is 1. The molecule has 0 fully saturated rings. The smallest absolute Gasteiger partial charge is 0.494 e. The van der Waals surface area contributed by atoms with E-state index in [9.17, 15) is 23.1 Å². The summed E-state index contributed by atoms with van der Waals surface area (Å²) in [6.45, 7) is 1.84. The predicted molar refractivity (Wildman–Crippen MR) is 56.9 cm³/mol. The van der Waals surface area contributed by atoms with Gasteiger partial charge in [-0.3, -0.25) is 0 Å². The van der Waals surface area contributed by atoms with E-state index in [2.05, 4.69) is 4.74 Å². The Labute approximate surface area is 106 Å². The van der Waals surface area contributed by atoms with Crippen LogP contribution in [-0.2, 0) is 4.79 Å². The topological polar surface area (TPSA) is 76.0 Å². The number of ether oxygens (including phenoxy) is 2. The van der Waals surface area contributed by atoms with Crippen molar-refractivity contribution in [3.63, 3.8) is 0 Å². The summed E-state index contributed by atoms with van der Waals surface area (Å²) in [7, 11) is 0. The molecule has 0 spiro atoms. The largest absolute Gasteiger partial charge is 0.573 e. The second kappa shape index (κ2) is 5.79. The predicted octanol–water partition coefficient (Wildman–Crippen LogP) is 2.10. The molecule has 106 valence electrons. The molecule has 1 atom stereocenters. The van der Waals surface area contributed by atoms with Gasteiger partial charge in [0.25, 0.3) is 0 Å². The van der Waals surface area contributed by atoms with Crippen LogP contribution < -0.4 is 9.47 Å². The van der Waals surface area contributed by atoms with Gasteiger partial charge < -0.3 is 19.7 Å². The molecule has 0 radical (unpaired) electrons. The normalized spacial score (nSPS) is 12.9. The van der Waals surface area contributed by atoms with E-state index in [4.69, 9.17) is 9.84 Å². The maximum Gasteiger partial charge on any atom is 0.573 e. The fraction of sp³-hybridized carbons (Fsp3) is 0.364. The Balaban J connectivity index is 3.18. The number of hydrogen-bond donors (Lipinski definition) is 2. The van der Waals surface area contributed by atoms with E-state index < -0.39 is 29.7 Å². The van der Waals surface area contributed by atoms with Crippen molar-refractivity contribution in [2.75, 3.05) is 6.61 Å². The maximum absolute atomic E-state index is 12.2. The highest BCUT2D eigenvalue weighted by Gasteiger charge is 2.34. The molecular weight excluding hydrogens is 269 g/mol. The molecule has 0 aromatic heterocycles. The van der Waals surface area contributed by atoms with Gasteiger partial charge in [0.05, 0.1) is 6.61 Å². The molecule has 1 aromatic carbocycles. The third kappa shape index (κ3) is 4.32. The van der Waals surface area contributed by atoms with E-state index in [-0.39, 0.29) is 12.4 Å². The molecule has 0 heterocycles. The first-order valence-corrected chi connectivity index (χ1v) is 5.18. The highest BCUT2D eigenvalue weighted by Crippen LogP contribution is 2.33. The average molecular weight is 280 g/mol. The molecule has 0 aliphatic heterocycles. The van der Waals surface area contributed by atoms with Gasteiger partial charge in [0.15, 0.2) is 6.10 Å². The Morgan fingerprint density at radius 3 is 2.53 bits per heavy atom. The fourth-order valence-corrected chi connectivity index (χ4v) is 1.34. The molecule has 0 saturated carbocycles. The Morgan fingerprint density at radius 1 is 1.42 bits per heavy atom. The van der Waals surface area contributed by atoms with Crippen LogP contribution in [0.3, 0.4) is 0 Å². The Morgan fingerprint density at radius 2 is 2.05 bits per heavy atom. The van der Waals surface area contributed by atoms with Crippen LogP contribution in [0.4, 0.5) is 13.2 Å². The van der Waals surface area contributed by atoms with Crippen LogP contribution in [0, 0.1) is 0 Å². The van der Waals surface area contributed by atoms with E-state index in [1.165, 1.54) is 6.07 Å². The number of carbonyl (C=O) groups is 1. The van der Waals surface area contributed by atoms with Crippen LogP contribution in [0.15, 0.2) is 18.2 Å². The van der Waals surface area contributed by atoms with Gasteiger partial charge in [-0.15, -0.1) is 13.2 Å². The maximum atomic E-state index is 12.2. The van der Waals surface area contributed by atoms with Crippen molar-refractivity contribution in [3.05, 3.63) is 23.8 Å². The fourth-order valence-electron chi connectivity index (χ4n) is 1.34. The zero-order valence-electron chi connectivity index (χ0n) is 9.77. The second-order valence-electron chi connectivity index (χ2n) is 3.42. The average Bonchev–Trinajstić information content (AvgIpc) is 2.26. The summed E-state index contributed by atoms with van der Waals surface area (Å²) in [4.78, 5) is 10.6. The first-order chi connectivity index (χ1) is 8.74. The lowest BCUT2D eigenvalue weighted by Gasteiger charge is -2.16. The van der Waals surface area contributed by atoms with Gasteiger partial charge in [-0.05, 0) is 19.1 Å². The molecule has 1 unspecified atom stereocenters. The summed E-state index contributed by atoms with van der Waals surface area (Å²) in [5.74, 6) is -2.42. The van der Waals surface area contributed by atoms with E-state index in [1.54, 1.807) is 6.92 Å².